The van der Waals surface area contributed by atoms with Crippen LogP contribution in [0.2, 0.25) is 0 Å². The first-order valence-corrected chi connectivity index (χ1v) is 11.3. The maximum absolute atomic E-state index is 12.8. The van der Waals surface area contributed by atoms with Crippen LogP contribution in [-0.4, -0.2) is 44.9 Å². The number of aryl methyl sites for hydroxylation is 1. The zero-order chi connectivity index (χ0) is 25.3. The summed E-state index contributed by atoms with van der Waals surface area (Å²) in [7, 11) is 0. The summed E-state index contributed by atoms with van der Waals surface area (Å²) in [6.07, 6.45) is 0.206. The number of fused-ring (bicyclic) bond motifs is 2. The fourth-order valence-corrected chi connectivity index (χ4v) is 3.98. The van der Waals surface area contributed by atoms with Crippen molar-refractivity contribution in [2.45, 2.75) is 39.7 Å². The van der Waals surface area contributed by atoms with E-state index in [1.165, 1.54) is 4.68 Å². The Morgan fingerprint density at radius 2 is 1.63 bits per heavy atom. The fraction of sp³-hybridized carbons (Fsp3) is 0.280. The lowest BCUT2D eigenvalue weighted by Gasteiger charge is -2.14. The number of hydrogen-bond acceptors (Lipinski definition) is 6. The average Bonchev–Trinajstić information content (AvgIpc) is 3.06. The third kappa shape index (κ3) is 4.54. The van der Waals surface area contributed by atoms with Gasteiger partial charge in [-0.25, -0.2) is 4.68 Å². The van der Waals surface area contributed by atoms with E-state index in [1.807, 2.05) is 6.92 Å². The van der Waals surface area contributed by atoms with Gasteiger partial charge in [-0.1, -0.05) is 29.8 Å². The van der Waals surface area contributed by atoms with E-state index in [4.69, 9.17) is 0 Å². The number of nitrogens with zero attached hydrogens (tertiary/aromatic N) is 3. The second-order valence-electron chi connectivity index (χ2n) is 8.65. The first-order chi connectivity index (χ1) is 16.7. The molecule has 3 aromatic rings. The van der Waals surface area contributed by atoms with Crippen molar-refractivity contribution in [3.63, 3.8) is 0 Å². The Hall–Kier alpha value is -4.34. The van der Waals surface area contributed by atoms with Crippen molar-refractivity contribution < 1.29 is 19.2 Å². The summed E-state index contributed by atoms with van der Waals surface area (Å²) >= 11 is 0. The van der Waals surface area contributed by atoms with Crippen molar-refractivity contribution in [3.8, 4) is 0 Å². The van der Waals surface area contributed by atoms with E-state index < -0.39 is 11.8 Å². The molecule has 10 heteroatoms. The molecule has 2 heterocycles. The van der Waals surface area contributed by atoms with E-state index in [2.05, 4.69) is 16.0 Å². The van der Waals surface area contributed by atoms with E-state index in [9.17, 15) is 24.0 Å². The molecule has 1 aliphatic heterocycles. The predicted octanol–water partition coefficient (Wildman–Crippen LogP) is 2.12. The summed E-state index contributed by atoms with van der Waals surface area (Å²) < 4.78 is 1.22. The first kappa shape index (κ1) is 23.8. The molecule has 2 N–H and O–H groups in total. The molecule has 0 atom stereocenters. The number of amides is 4. The minimum absolute atomic E-state index is 0.00974. The standard InChI is InChI=1S/C25H25N5O5/c1-14(2)30-25(35)17-8-5-4-7-16(17)21(28-30)22(32)27-26-20(31)9-6-12-29-23(33)18-11-10-15(3)13-19(18)24(29)34/h4-5,7-8,10-11,13-14H,6,9,12H2,1-3H3,(H,26,31)(H,27,32). The lowest BCUT2D eigenvalue weighted by atomic mass is 10.1. The Bertz CT molecular complexity index is 1430. The van der Waals surface area contributed by atoms with Crippen molar-refractivity contribution in [3.05, 3.63) is 75.2 Å². The molecule has 1 aromatic heterocycles. The van der Waals surface area contributed by atoms with Crippen LogP contribution in [0, 0.1) is 6.92 Å². The van der Waals surface area contributed by atoms with Gasteiger partial charge < -0.3 is 0 Å². The van der Waals surface area contributed by atoms with E-state index in [-0.39, 0.29) is 48.5 Å². The average molecular weight is 476 g/mol. The predicted molar refractivity (Wildman–Crippen MR) is 128 cm³/mol. The van der Waals surface area contributed by atoms with Crippen LogP contribution in [0.15, 0.2) is 47.3 Å². The molecule has 0 radical (unpaired) electrons. The second-order valence-corrected chi connectivity index (χ2v) is 8.65. The largest absolute Gasteiger partial charge is 0.290 e. The third-order valence-electron chi connectivity index (χ3n) is 5.76. The van der Waals surface area contributed by atoms with E-state index >= 15 is 0 Å². The van der Waals surface area contributed by atoms with Crippen LogP contribution in [0.4, 0.5) is 0 Å². The number of nitrogens with one attached hydrogen (secondary N) is 2. The number of rotatable bonds is 6. The van der Waals surface area contributed by atoms with Crippen LogP contribution in [0.3, 0.4) is 0 Å². The third-order valence-corrected chi connectivity index (χ3v) is 5.76. The smallest absolute Gasteiger partial charge is 0.274 e. The van der Waals surface area contributed by atoms with Gasteiger partial charge in [0.15, 0.2) is 5.69 Å². The summed E-state index contributed by atoms with van der Waals surface area (Å²) in [6.45, 7) is 5.48. The number of aromatic nitrogens is 2. The van der Waals surface area contributed by atoms with E-state index in [0.717, 1.165) is 10.5 Å². The summed E-state index contributed by atoms with van der Waals surface area (Å²) in [4.78, 5) is 63.8. The molecule has 0 saturated carbocycles. The van der Waals surface area contributed by atoms with Crippen molar-refractivity contribution in [2.24, 2.45) is 0 Å². The number of hydrogen-bond donors (Lipinski definition) is 2. The lowest BCUT2D eigenvalue weighted by molar-refractivity contribution is -0.122. The highest BCUT2D eigenvalue weighted by Crippen LogP contribution is 2.24. The van der Waals surface area contributed by atoms with Gasteiger partial charge in [-0.2, -0.15) is 5.10 Å². The molecule has 35 heavy (non-hydrogen) atoms. The van der Waals surface area contributed by atoms with Gasteiger partial charge in [0.1, 0.15) is 0 Å². The molecule has 0 fully saturated rings. The molecule has 10 nitrogen and oxygen atoms in total. The van der Waals surface area contributed by atoms with Gasteiger partial charge in [0.2, 0.25) is 5.91 Å². The minimum atomic E-state index is -0.667. The Balaban J connectivity index is 1.36. The van der Waals surface area contributed by atoms with Crippen molar-refractivity contribution in [1.82, 2.24) is 25.5 Å². The SMILES string of the molecule is Cc1ccc2c(c1)C(=O)N(CCCC(=O)NNC(=O)c1nn(C(C)C)c(=O)c3ccccc13)C2=O. The molecule has 0 spiro atoms. The first-order valence-electron chi connectivity index (χ1n) is 11.3. The van der Waals surface area contributed by atoms with Gasteiger partial charge in [-0.05, 0) is 45.4 Å². The summed E-state index contributed by atoms with van der Waals surface area (Å²) in [6, 6.07) is 11.5. The van der Waals surface area contributed by atoms with Gasteiger partial charge >= 0.3 is 0 Å². The van der Waals surface area contributed by atoms with E-state index in [1.54, 1.807) is 56.3 Å². The van der Waals surface area contributed by atoms with Crippen molar-refractivity contribution in [1.29, 1.82) is 0 Å². The lowest BCUT2D eigenvalue weighted by Crippen LogP contribution is -2.43. The van der Waals surface area contributed by atoms with E-state index in [0.29, 0.717) is 21.9 Å². The number of benzene rings is 2. The fourth-order valence-electron chi connectivity index (χ4n) is 3.98. The topological polar surface area (TPSA) is 130 Å². The maximum atomic E-state index is 12.8. The Morgan fingerprint density at radius 3 is 2.34 bits per heavy atom. The summed E-state index contributed by atoms with van der Waals surface area (Å²) in [5.74, 6) is -1.91. The van der Waals surface area contributed by atoms with Crippen molar-refractivity contribution in [2.75, 3.05) is 6.54 Å². The zero-order valence-electron chi connectivity index (χ0n) is 19.6. The van der Waals surface area contributed by atoms with Gasteiger partial charge in [0.05, 0.1) is 22.6 Å². The van der Waals surface area contributed by atoms with Crippen LogP contribution in [-0.2, 0) is 4.79 Å². The summed E-state index contributed by atoms with van der Waals surface area (Å²) in [5.41, 5.74) is 5.97. The minimum Gasteiger partial charge on any atom is -0.274 e. The Kier molecular flexibility index (Phi) is 6.46. The van der Waals surface area contributed by atoms with Gasteiger partial charge in [0.25, 0.3) is 23.3 Å². The maximum Gasteiger partial charge on any atom is 0.290 e. The zero-order valence-corrected chi connectivity index (χ0v) is 19.6. The van der Waals surface area contributed by atoms with Crippen LogP contribution >= 0.6 is 0 Å². The molecular formula is C25H25N5O5. The highest BCUT2D eigenvalue weighted by atomic mass is 16.2. The summed E-state index contributed by atoms with van der Waals surface area (Å²) in [5, 5.41) is 4.92. The highest BCUT2D eigenvalue weighted by Gasteiger charge is 2.35. The number of carbonyl (C=O) groups is 4. The van der Waals surface area contributed by atoms with Gasteiger partial charge in [-0.15, -0.1) is 0 Å². The molecule has 4 rings (SSSR count). The van der Waals surface area contributed by atoms with Crippen LogP contribution in [0.25, 0.3) is 10.8 Å². The Labute approximate surface area is 200 Å². The normalized spacial score (nSPS) is 12.9. The molecule has 1 aliphatic rings. The molecule has 0 bridgehead atoms. The van der Waals surface area contributed by atoms with Crippen molar-refractivity contribution >= 4 is 34.4 Å². The number of carbonyl (C=O) groups excluding carboxylic acids is 4. The highest BCUT2D eigenvalue weighted by molar-refractivity contribution is 6.21. The van der Waals surface area contributed by atoms with Crippen LogP contribution in [0.5, 0.6) is 0 Å². The molecule has 0 saturated heterocycles. The van der Waals surface area contributed by atoms with Gasteiger partial charge in [-0.3, -0.25) is 39.7 Å². The van der Waals surface area contributed by atoms with Crippen LogP contribution in [0.1, 0.15) is 69.5 Å². The number of imide groups is 1. The molecule has 0 aliphatic carbocycles. The quantitative estimate of drug-likeness (QED) is 0.415. The number of hydrazine groups is 1. The molecule has 2 aromatic carbocycles. The molecule has 4 amide bonds. The molecule has 0 unspecified atom stereocenters. The molecule has 180 valence electrons. The van der Waals surface area contributed by atoms with Crippen LogP contribution < -0.4 is 16.4 Å². The second kappa shape index (κ2) is 9.49. The molecular weight excluding hydrogens is 450 g/mol. The van der Waals surface area contributed by atoms with Gasteiger partial charge in [0, 0.05) is 18.4 Å². The Morgan fingerprint density at radius 1 is 0.943 bits per heavy atom. The monoisotopic (exact) mass is 475 g/mol.